The molecule has 2 unspecified atom stereocenters. The number of carbonyl (C=O) groups excluding carboxylic acids is 6. The number of rotatable bonds is 9. The Kier molecular flexibility index (Phi) is 12.4. The lowest BCUT2D eigenvalue weighted by Gasteiger charge is -2.33. The Bertz CT molecular complexity index is 2370. The van der Waals surface area contributed by atoms with Crippen LogP contribution >= 0.6 is 0 Å². The molecule has 2 N–H and O–H groups in total. The predicted octanol–water partition coefficient (Wildman–Crippen LogP) is 5.08. The molecule has 16 heteroatoms. The maximum absolute atomic E-state index is 14.1. The predicted molar refractivity (Wildman–Crippen MR) is 238 cm³/mol. The fourth-order valence-electron chi connectivity index (χ4n) is 9.31. The van der Waals surface area contributed by atoms with Crippen molar-refractivity contribution in [2.45, 2.75) is 78.6 Å². The van der Waals surface area contributed by atoms with Crippen LogP contribution < -0.4 is 20.4 Å². The average molecular weight is 871 g/mol. The topological polar surface area (TPSA) is 184 Å². The van der Waals surface area contributed by atoms with Crippen molar-refractivity contribution >= 4 is 47.2 Å². The van der Waals surface area contributed by atoms with Gasteiger partial charge in [0.1, 0.15) is 23.5 Å². The summed E-state index contributed by atoms with van der Waals surface area (Å²) >= 11 is 0. The largest absolute Gasteiger partial charge is 0.453 e. The van der Waals surface area contributed by atoms with Crippen molar-refractivity contribution in [3.8, 4) is 11.1 Å². The van der Waals surface area contributed by atoms with Gasteiger partial charge in [0, 0.05) is 74.9 Å². The number of hydrogen-bond donors (Lipinski definition) is 2. The van der Waals surface area contributed by atoms with Crippen LogP contribution in [0.4, 0.5) is 21.0 Å². The second-order valence-corrected chi connectivity index (χ2v) is 17.4. The number of alkyl carbamates (subject to hydrolysis) is 2. The van der Waals surface area contributed by atoms with E-state index in [0.29, 0.717) is 76.3 Å². The summed E-state index contributed by atoms with van der Waals surface area (Å²) in [7, 11) is 2.53. The minimum atomic E-state index is -0.724. The lowest BCUT2D eigenvalue weighted by atomic mass is 9.93. The average Bonchev–Trinajstić information content (AvgIpc) is 3.96. The maximum Gasteiger partial charge on any atom is 0.407 e. The van der Waals surface area contributed by atoms with Crippen molar-refractivity contribution in [2.75, 3.05) is 50.2 Å². The molecule has 0 radical (unpaired) electrons. The summed E-state index contributed by atoms with van der Waals surface area (Å²) in [5.74, 6) is -1.05. The second-order valence-electron chi connectivity index (χ2n) is 17.4. The third kappa shape index (κ3) is 8.36. The van der Waals surface area contributed by atoms with E-state index in [1.165, 1.54) is 14.2 Å². The van der Waals surface area contributed by atoms with Crippen LogP contribution in [0.2, 0.25) is 0 Å². The highest BCUT2D eigenvalue weighted by Gasteiger charge is 2.36. The van der Waals surface area contributed by atoms with Gasteiger partial charge in [-0.2, -0.15) is 0 Å². The van der Waals surface area contributed by atoms with Crippen molar-refractivity contribution in [3.63, 3.8) is 0 Å². The molecule has 0 saturated carbocycles. The molecule has 6 heterocycles. The van der Waals surface area contributed by atoms with Crippen LogP contribution in [0, 0.1) is 11.8 Å². The molecule has 0 bridgehead atoms. The Labute approximate surface area is 372 Å². The molecule has 64 heavy (non-hydrogen) atoms. The Morgan fingerprint density at radius 2 is 0.953 bits per heavy atom. The fourth-order valence-corrected chi connectivity index (χ4v) is 9.31. The van der Waals surface area contributed by atoms with E-state index >= 15 is 0 Å². The van der Waals surface area contributed by atoms with Crippen molar-refractivity contribution in [3.05, 3.63) is 106 Å². The van der Waals surface area contributed by atoms with Crippen molar-refractivity contribution in [2.24, 2.45) is 11.8 Å². The Morgan fingerprint density at radius 3 is 1.33 bits per heavy atom. The van der Waals surface area contributed by atoms with E-state index in [2.05, 4.69) is 22.8 Å². The number of nitrogens with one attached hydrogen (secondary N) is 2. The molecule has 2 aromatic heterocycles. The Balaban J connectivity index is 0.961. The third-order valence-corrected chi connectivity index (χ3v) is 12.8. The van der Waals surface area contributed by atoms with Crippen LogP contribution in [-0.4, -0.2) is 108 Å². The van der Waals surface area contributed by atoms with E-state index in [1.807, 2.05) is 64.1 Å². The highest BCUT2D eigenvalue weighted by atomic mass is 16.5. The van der Waals surface area contributed by atoms with Gasteiger partial charge >= 0.3 is 12.2 Å². The lowest BCUT2D eigenvalue weighted by molar-refractivity contribution is -0.136. The molecule has 0 fully saturated rings. The number of anilines is 2. The monoisotopic (exact) mass is 870 g/mol. The van der Waals surface area contributed by atoms with Crippen LogP contribution in [0.5, 0.6) is 0 Å². The van der Waals surface area contributed by atoms with Gasteiger partial charge in [0.05, 0.1) is 14.2 Å². The summed E-state index contributed by atoms with van der Waals surface area (Å²) in [5.41, 5.74) is 9.79. The fraction of sp³-hybridized carbons (Fsp3) is 0.417. The van der Waals surface area contributed by atoms with E-state index in [4.69, 9.17) is 19.4 Å². The number of carbonyl (C=O) groups is 6. The summed E-state index contributed by atoms with van der Waals surface area (Å²) in [5, 5.41) is 5.31. The number of nitrogens with zero attached hydrogens (tertiary/aromatic N) is 6. The zero-order chi connectivity index (χ0) is 45.4. The first-order chi connectivity index (χ1) is 30.8. The van der Waals surface area contributed by atoms with Gasteiger partial charge in [0.15, 0.2) is 0 Å². The SMILES string of the molecule is COC(=O)NC(C(=O)N1CCc2nc(C(=O)N3CCc4c(-c5cccc6c5CCN6C(=O)c5ccc6c(n5)CCN(C(=O)C(NC(=O)OC)C(C)C)C6)cccc43)ccc2C1)C(C)C. The summed E-state index contributed by atoms with van der Waals surface area (Å²) in [4.78, 5) is 95.6. The Morgan fingerprint density at radius 1 is 0.547 bits per heavy atom. The van der Waals surface area contributed by atoms with Gasteiger partial charge in [-0.25, -0.2) is 19.6 Å². The van der Waals surface area contributed by atoms with E-state index in [9.17, 15) is 28.8 Å². The molecule has 2 aromatic carbocycles. The van der Waals surface area contributed by atoms with E-state index in [1.54, 1.807) is 31.7 Å². The van der Waals surface area contributed by atoms with Gasteiger partial charge in [-0.05, 0) is 82.3 Å². The smallest absolute Gasteiger partial charge is 0.407 e. The van der Waals surface area contributed by atoms with Crippen LogP contribution in [0.25, 0.3) is 11.1 Å². The minimum absolute atomic E-state index is 0.139. The number of ether oxygens (including phenoxy) is 2. The summed E-state index contributed by atoms with van der Waals surface area (Å²) < 4.78 is 9.47. The summed E-state index contributed by atoms with van der Waals surface area (Å²) in [6, 6.07) is 17.8. The third-order valence-electron chi connectivity index (χ3n) is 12.8. The number of benzene rings is 2. The normalized spacial score (nSPS) is 16.1. The standard InChI is InChI=1S/C48H54N8O8/c1-27(2)41(51-47(61)63-5)45(59)53-21-19-35-29(25-53)13-15-37(49-35)43(57)55-23-17-33-31(9-7-11-39(33)55)32-10-8-12-40-34(32)18-24-56(40)44(58)38-16-14-30-26-54(22-20-36(30)50-38)46(60)42(28(3)4)52-48(62)64-6/h7-16,27-28,41-42H,17-26H2,1-6H3,(H,51,61)(H,52,62). The second kappa shape index (κ2) is 18.1. The molecule has 0 spiro atoms. The number of amides is 6. The van der Waals surface area contributed by atoms with Crippen LogP contribution in [0.3, 0.4) is 0 Å². The molecule has 16 nitrogen and oxygen atoms in total. The number of fused-ring (bicyclic) bond motifs is 4. The van der Waals surface area contributed by atoms with Crippen molar-refractivity contribution in [1.29, 1.82) is 0 Å². The van der Waals surface area contributed by atoms with Gasteiger partial charge in [0.25, 0.3) is 11.8 Å². The van der Waals surface area contributed by atoms with Crippen LogP contribution in [0.1, 0.15) is 82.3 Å². The zero-order valence-electron chi connectivity index (χ0n) is 37.1. The number of aromatic nitrogens is 2. The molecule has 4 aliphatic rings. The number of pyridine rings is 2. The summed E-state index contributed by atoms with van der Waals surface area (Å²) in [6.07, 6.45) is 0.959. The van der Waals surface area contributed by atoms with E-state index < -0.39 is 24.3 Å². The molecule has 6 amide bonds. The molecule has 0 aliphatic carbocycles. The molecule has 4 aromatic rings. The first-order valence-corrected chi connectivity index (χ1v) is 21.9. The van der Waals surface area contributed by atoms with Gasteiger partial charge in [-0.1, -0.05) is 64.1 Å². The van der Waals surface area contributed by atoms with E-state index in [0.717, 1.165) is 56.1 Å². The van der Waals surface area contributed by atoms with E-state index in [-0.39, 0.29) is 35.5 Å². The van der Waals surface area contributed by atoms with Gasteiger partial charge < -0.3 is 39.7 Å². The summed E-state index contributed by atoms with van der Waals surface area (Å²) in [6.45, 7) is 9.94. The highest BCUT2D eigenvalue weighted by molar-refractivity contribution is 6.08. The minimum Gasteiger partial charge on any atom is -0.453 e. The molecule has 334 valence electrons. The van der Waals surface area contributed by atoms with Crippen molar-refractivity contribution in [1.82, 2.24) is 30.4 Å². The quantitative estimate of drug-likeness (QED) is 0.230. The van der Waals surface area contributed by atoms with Crippen molar-refractivity contribution < 1.29 is 38.2 Å². The maximum atomic E-state index is 14.1. The molecule has 8 rings (SSSR count). The van der Waals surface area contributed by atoms with Gasteiger partial charge in [0.2, 0.25) is 11.8 Å². The Hall–Kier alpha value is -6.84. The molecule has 0 saturated heterocycles. The van der Waals surface area contributed by atoms with Gasteiger partial charge in [-0.3, -0.25) is 19.2 Å². The number of methoxy groups -OCH3 is 2. The highest BCUT2D eigenvalue weighted by Crippen LogP contribution is 2.42. The van der Waals surface area contributed by atoms with Crippen LogP contribution in [-0.2, 0) is 57.8 Å². The molecule has 4 aliphatic heterocycles. The first kappa shape index (κ1) is 43.8. The molecular formula is C48H54N8O8. The molecule has 2 atom stereocenters. The first-order valence-electron chi connectivity index (χ1n) is 21.9. The lowest BCUT2D eigenvalue weighted by Crippen LogP contribution is -2.52. The zero-order valence-corrected chi connectivity index (χ0v) is 37.1. The molecular weight excluding hydrogens is 817 g/mol. The van der Waals surface area contributed by atoms with Gasteiger partial charge in [-0.15, -0.1) is 0 Å². The van der Waals surface area contributed by atoms with Crippen LogP contribution in [0.15, 0.2) is 60.7 Å². The number of hydrogen-bond acceptors (Lipinski definition) is 10.